The van der Waals surface area contributed by atoms with E-state index < -0.39 is 6.17 Å². The van der Waals surface area contributed by atoms with Gasteiger partial charge >= 0.3 is 0 Å². The van der Waals surface area contributed by atoms with Gasteiger partial charge in [-0.1, -0.05) is 41.6 Å². The molecule has 1 unspecified atom stereocenters. The molecule has 0 aliphatic carbocycles. The fourth-order valence-electron chi connectivity index (χ4n) is 3.04. The van der Waals surface area contributed by atoms with Crippen LogP contribution in [0.4, 0.5) is 5.69 Å². The van der Waals surface area contributed by atoms with Crippen molar-refractivity contribution >= 4 is 57.0 Å². The first-order valence-corrected chi connectivity index (χ1v) is 10.4. The Kier molecular flexibility index (Phi) is 5.82. The van der Waals surface area contributed by atoms with E-state index in [-0.39, 0.29) is 17.6 Å². The minimum absolute atomic E-state index is 0.142. The number of fused-ring (bicyclic) bond motifs is 1. The normalized spacial score (nSPS) is 15.9. The highest BCUT2D eigenvalue weighted by molar-refractivity contribution is 8.14. The topological polar surface area (TPSA) is 117 Å². The number of hydrogen-bond donors (Lipinski definition) is 4. The van der Waals surface area contributed by atoms with Crippen molar-refractivity contribution < 1.29 is 9.53 Å². The Labute approximate surface area is 181 Å². The number of carbonyl (C=O) groups is 1. The second kappa shape index (κ2) is 8.68. The number of amidine groups is 1. The number of aliphatic imine (C=N–C) groups is 2. The Morgan fingerprint density at radius 2 is 2.13 bits per heavy atom. The molecule has 0 bridgehead atoms. The number of benzene rings is 2. The van der Waals surface area contributed by atoms with Gasteiger partial charge in [-0.25, -0.2) is 9.98 Å². The third kappa shape index (κ3) is 4.37. The van der Waals surface area contributed by atoms with Crippen molar-refractivity contribution in [3.63, 3.8) is 0 Å². The summed E-state index contributed by atoms with van der Waals surface area (Å²) in [5, 5.41) is 7.69. The number of nitrogens with two attached hydrogens (primary N) is 1. The van der Waals surface area contributed by atoms with Gasteiger partial charge in [-0.2, -0.15) is 0 Å². The van der Waals surface area contributed by atoms with Crippen molar-refractivity contribution in [2.24, 2.45) is 15.7 Å². The lowest BCUT2D eigenvalue weighted by molar-refractivity contribution is -0.113. The summed E-state index contributed by atoms with van der Waals surface area (Å²) in [7, 11) is 1.53. The third-order valence-electron chi connectivity index (χ3n) is 4.41. The number of amides is 1. The summed E-state index contributed by atoms with van der Waals surface area (Å²) in [6.07, 6.45) is 1.40. The number of methoxy groups -OCH3 is 1. The van der Waals surface area contributed by atoms with Crippen molar-refractivity contribution in [1.82, 2.24) is 10.3 Å². The summed E-state index contributed by atoms with van der Waals surface area (Å²) in [6.45, 7) is 0. The minimum Gasteiger partial charge on any atom is -0.495 e. The number of nitrogens with zero attached hydrogens (tertiary/aromatic N) is 2. The molecule has 1 aliphatic heterocycles. The van der Waals surface area contributed by atoms with E-state index in [1.165, 1.54) is 18.9 Å². The van der Waals surface area contributed by atoms with Gasteiger partial charge in [-0.15, -0.1) is 0 Å². The van der Waals surface area contributed by atoms with Crippen molar-refractivity contribution in [3.8, 4) is 5.75 Å². The van der Waals surface area contributed by atoms with Crippen molar-refractivity contribution in [2.45, 2.75) is 6.17 Å². The molecule has 0 spiro atoms. The lowest BCUT2D eigenvalue weighted by Gasteiger charge is -2.18. The number of carbonyl (C=O) groups excluding carboxylic acids is 1. The van der Waals surface area contributed by atoms with Crippen LogP contribution in [0.1, 0.15) is 11.7 Å². The Balaban J connectivity index is 1.43. The molecule has 1 aliphatic rings. The highest BCUT2D eigenvalue weighted by Gasteiger charge is 2.20. The summed E-state index contributed by atoms with van der Waals surface area (Å²) in [6, 6.07) is 13.0. The number of H-pyrrole nitrogens is 1. The molecule has 3 aromatic rings. The van der Waals surface area contributed by atoms with Crippen molar-refractivity contribution in [1.29, 1.82) is 0 Å². The molecular weight excluding hydrogens is 424 g/mol. The van der Waals surface area contributed by atoms with Gasteiger partial charge in [0.25, 0.3) is 0 Å². The molecule has 1 aromatic heterocycles. The van der Waals surface area contributed by atoms with E-state index in [2.05, 4.69) is 25.6 Å². The first kappa shape index (κ1) is 20.1. The quantitative estimate of drug-likeness (QED) is 0.482. The number of nitrogens with one attached hydrogen (secondary N) is 3. The van der Waals surface area contributed by atoms with E-state index in [9.17, 15) is 4.79 Å². The van der Waals surface area contributed by atoms with E-state index >= 15 is 0 Å². The number of hydrogen-bond acceptors (Lipinski definition) is 7. The van der Waals surface area contributed by atoms with E-state index in [1.54, 1.807) is 18.2 Å². The van der Waals surface area contributed by atoms with Gasteiger partial charge in [-0.05, 0) is 24.3 Å². The number of para-hydroxylation sites is 1. The van der Waals surface area contributed by atoms with Crippen LogP contribution >= 0.6 is 23.4 Å². The number of rotatable bonds is 5. The number of aromatic amines is 1. The number of anilines is 1. The van der Waals surface area contributed by atoms with E-state index in [0.29, 0.717) is 21.6 Å². The molecule has 8 nitrogen and oxygen atoms in total. The minimum atomic E-state index is -0.478. The van der Waals surface area contributed by atoms with E-state index in [1.807, 2.05) is 30.5 Å². The molecule has 2 aromatic carbocycles. The zero-order valence-corrected chi connectivity index (χ0v) is 17.6. The first-order valence-electron chi connectivity index (χ1n) is 9.04. The lowest BCUT2D eigenvalue weighted by atomic mass is 10.1. The molecule has 30 heavy (non-hydrogen) atoms. The summed E-state index contributed by atoms with van der Waals surface area (Å²) in [5.41, 5.74) is 8.46. The highest BCUT2D eigenvalue weighted by Crippen LogP contribution is 2.30. The molecule has 1 atom stereocenters. The lowest BCUT2D eigenvalue weighted by Crippen LogP contribution is -2.39. The average molecular weight is 443 g/mol. The molecule has 0 fully saturated rings. The molecular formula is C20H19ClN6O2S. The molecule has 10 heteroatoms. The van der Waals surface area contributed by atoms with E-state index in [4.69, 9.17) is 22.1 Å². The monoisotopic (exact) mass is 442 g/mol. The number of thioether (sulfide) groups is 1. The van der Waals surface area contributed by atoms with Crippen LogP contribution in [-0.4, -0.2) is 34.9 Å². The molecule has 5 N–H and O–H groups in total. The standard InChI is InChI=1S/C20H19ClN6O2S/c1-29-16-7-6-11(8-14(16)21)24-17(28)10-30-20-26-18(25-19(22)27-20)13-9-23-15-5-3-2-4-12(13)15/h2-9,18,23H,10H2,1H3,(H,24,28)(H3,22,25,26,27). The fourth-order valence-corrected chi connectivity index (χ4v) is 3.99. The molecule has 0 saturated heterocycles. The predicted octanol–water partition coefficient (Wildman–Crippen LogP) is 3.47. The van der Waals surface area contributed by atoms with Crippen molar-refractivity contribution in [2.75, 3.05) is 18.2 Å². The van der Waals surface area contributed by atoms with Gasteiger partial charge in [0.15, 0.2) is 17.3 Å². The molecule has 1 amide bonds. The van der Waals surface area contributed by atoms with Crippen LogP contribution in [-0.2, 0) is 4.79 Å². The van der Waals surface area contributed by atoms with Gasteiger partial charge in [0.05, 0.1) is 17.9 Å². The van der Waals surface area contributed by atoms with Gasteiger partial charge in [0, 0.05) is 28.4 Å². The van der Waals surface area contributed by atoms with Crippen LogP contribution in [0, 0.1) is 0 Å². The van der Waals surface area contributed by atoms with Crippen LogP contribution in [0.25, 0.3) is 10.9 Å². The molecule has 4 rings (SSSR count). The van der Waals surface area contributed by atoms with Crippen LogP contribution in [0.3, 0.4) is 0 Å². The van der Waals surface area contributed by atoms with Crippen LogP contribution in [0.2, 0.25) is 5.02 Å². The summed E-state index contributed by atoms with van der Waals surface area (Å²) >= 11 is 7.34. The van der Waals surface area contributed by atoms with Gasteiger partial charge in [-0.3, -0.25) is 4.79 Å². The number of halogens is 1. The molecule has 0 radical (unpaired) electrons. The van der Waals surface area contributed by atoms with Gasteiger partial charge in [0.1, 0.15) is 5.75 Å². The maximum absolute atomic E-state index is 12.3. The van der Waals surface area contributed by atoms with Gasteiger partial charge < -0.3 is 26.1 Å². The van der Waals surface area contributed by atoms with Gasteiger partial charge in [0.2, 0.25) is 5.91 Å². The Hall–Kier alpha value is -3.17. The Morgan fingerprint density at radius 3 is 2.93 bits per heavy atom. The maximum atomic E-state index is 12.3. The number of guanidine groups is 1. The van der Waals surface area contributed by atoms with E-state index in [0.717, 1.165) is 16.5 Å². The molecule has 0 saturated carbocycles. The first-order chi connectivity index (χ1) is 14.5. The zero-order valence-electron chi connectivity index (χ0n) is 16.0. The maximum Gasteiger partial charge on any atom is 0.234 e. The number of aromatic nitrogens is 1. The van der Waals surface area contributed by atoms with Crippen LogP contribution < -0.4 is 21.1 Å². The Morgan fingerprint density at radius 1 is 1.30 bits per heavy atom. The van der Waals surface area contributed by atoms with Crippen molar-refractivity contribution in [3.05, 3.63) is 59.2 Å². The average Bonchev–Trinajstić information content (AvgIpc) is 3.16. The summed E-state index contributed by atoms with van der Waals surface area (Å²) in [4.78, 5) is 24.5. The zero-order chi connectivity index (χ0) is 21.1. The molecule has 2 heterocycles. The fraction of sp³-hybridized carbons (Fsp3) is 0.150. The van der Waals surface area contributed by atoms with Crippen LogP contribution in [0.5, 0.6) is 5.75 Å². The Bertz CT molecular complexity index is 1160. The second-order valence-corrected chi connectivity index (χ2v) is 7.79. The second-order valence-electron chi connectivity index (χ2n) is 6.42. The third-order valence-corrected chi connectivity index (χ3v) is 5.59. The summed E-state index contributed by atoms with van der Waals surface area (Å²) < 4.78 is 5.11. The highest BCUT2D eigenvalue weighted by atomic mass is 35.5. The number of ether oxygens (including phenoxy) is 1. The predicted molar refractivity (Wildman–Crippen MR) is 122 cm³/mol. The largest absolute Gasteiger partial charge is 0.495 e. The summed E-state index contributed by atoms with van der Waals surface area (Å²) in [5.74, 6) is 0.743. The smallest absolute Gasteiger partial charge is 0.234 e. The van der Waals surface area contributed by atoms with Crippen LogP contribution in [0.15, 0.2) is 58.6 Å². The SMILES string of the molecule is COc1ccc(NC(=O)CSC2=NC(c3c[nH]c4ccccc34)N=C(N)N2)cc1Cl. The molecule has 154 valence electrons.